The summed E-state index contributed by atoms with van der Waals surface area (Å²) in [6, 6.07) is 0. The zero-order valence-electron chi connectivity index (χ0n) is 6.90. The van der Waals surface area contributed by atoms with Crippen molar-refractivity contribution >= 4 is 0 Å². The monoisotopic (exact) mass is 244 g/mol. The first-order valence-electron chi connectivity index (χ1n) is 3.46. The fraction of sp³-hybridized carbons (Fsp3) is 0.556. The van der Waals surface area contributed by atoms with Gasteiger partial charge in [-0.05, 0) is 5.92 Å². The predicted molar refractivity (Wildman–Crippen MR) is 42.2 cm³/mol. The summed E-state index contributed by atoms with van der Waals surface area (Å²) >= 11 is 0. The molecular weight excluding hydrogens is 231 g/mol. The minimum absolute atomic E-state index is 0. The van der Waals surface area contributed by atoms with E-state index in [1.807, 2.05) is 0 Å². The average molecular weight is 245 g/mol. The molecule has 0 heterocycles. The second-order valence-electron chi connectivity index (χ2n) is 2.84. The molecule has 1 fully saturated rings. The Morgan fingerprint density at radius 3 is 2.45 bits per heavy atom. The van der Waals surface area contributed by atoms with Crippen LogP contribution in [0.1, 0.15) is 6.42 Å². The fourth-order valence-electron chi connectivity index (χ4n) is 1.78. The molecule has 2 heteroatoms. The Morgan fingerprint density at radius 1 is 1.45 bits per heavy atom. The van der Waals surface area contributed by atoms with Gasteiger partial charge in [-0.15, -0.1) is 12.0 Å². The van der Waals surface area contributed by atoms with E-state index >= 15 is 0 Å². The summed E-state index contributed by atoms with van der Waals surface area (Å²) < 4.78 is 5.24. The van der Waals surface area contributed by atoms with Gasteiger partial charge in [0.2, 0.25) is 0 Å². The maximum atomic E-state index is 5.24. The number of fused-ring (bicyclic) bond motifs is 2. The van der Waals surface area contributed by atoms with Crippen LogP contribution in [0.2, 0.25) is 0 Å². The Bertz CT molecular complexity index is 144. The van der Waals surface area contributed by atoms with Gasteiger partial charge in [-0.2, -0.15) is 0 Å². The van der Waals surface area contributed by atoms with Crippen molar-refractivity contribution in [2.24, 2.45) is 11.8 Å². The van der Waals surface area contributed by atoms with Crippen LogP contribution < -0.4 is 0 Å². The number of allylic oxidation sites excluding steroid dienone is 1. The Balaban J connectivity index is 0.000000500. The quantitative estimate of drug-likeness (QED) is 0.389. The van der Waals surface area contributed by atoms with E-state index < -0.39 is 0 Å². The van der Waals surface area contributed by atoms with Crippen LogP contribution in [-0.2, 0) is 25.2 Å². The molecule has 66 valence electrons. The molecule has 2 aliphatic carbocycles. The van der Waals surface area contributed by atoms with Crippen molar-refractivity contribution in [2.45, 2.75) is 12.5 Å². The molecule has 0 aromatic heterocycles. The van der Waals surface area contributed by atoms with Crippen molar-refractivity contribution < 1.29 is 25.2 Å². The Kier molecular flexibility index (Phi) is 4.55. The molecule has 0 saturated heterocycles. The van der Waals surface area contributed by atoms with Gasteiger partial charge in [0.1, 0.15) is 0 Å². The van der Waals surface area contributed by atoms with E-state index in [2.05, 4.69) is 18.6 Å². The summed E-state index contributed by atoms with van der Waals surface area (Å²) in [6.45, 7) is 0. The van der Waals surface area contributed by atoms with Gasteiger partial charge in [0.15, 0.2) is 0 Å². The van der Waals surface area contributed by atoms with Crippen molar-refractivity contribution in [1.29, 1.82) is 0 Å². The number of hydrogen-bond acceptors (Lipinski definition) is 1. The predicted octanol–water partition coefficient (Wildman–Crippen LogP) is 1.86. The van der Waals surface area contributed by atoms with Crippen LogP contribution >= 0.6 is 0 Å². The van der Waals surface area contributed by atoms with E-state index in [0.717, 1.165) is 5.92 Å². The molecule has 0 aromatic carbocycles. The van der Waals surface area contributed by atoms with Crippen molar-refractivity contribution in [3.63, 3.8) is 0 Å². The van der Waals surface area contributed by atoms with Crippen LogP contribution in [0.3, 0.4) is 0 Å². The maximum Gasteiger partial charge on any atom is 2.00 e. The third-order valence-corrected chi connectivity index (χ3v) is 2.28. The summed E-state index contributed by atoms with van der Waals surface area (Å²) in [5, 5.41) is 0. The zero-order chi connectivity index (χ0) is 6.27. The van der Waals surface area contributed by atoms with E-state index in [0.29, 0.717) is 12.0 Å². The maximum absolute atomic E-state index is 5.24. The topological polar surface area (TPSA) is 9.23 Å². The first kappa shape index (κ1) is 11.4. The molecule has 0 amide bonds. The largest absolute Gasteiger partial charge is 2.00 e. The molecule has 0 spiro atoms. The molecule has 1 nitrogen and oxygen atoms in total. The summed E-state index contributed by atoms with van der Waals surface area (Å²) in [7, 11) is 1.79. The van der Waals surface area contributed by atoms with E-state index in [1.165, 1.54) is 6.42 Å². The van der Waals surface area contributed by atoms with Crippen LogP contribution in [0.5, 0.6) is 0 Å². The first-order chi connectivity index (χ1) is 4.40. The molecule has 3 unspecified atom stereocenters. The number of rotatable bonds is 1. The second kappa shape index (κ2) is 4.40. The van der Waals surface area contributed by atoms with Gasteiger partial charge < -0.3 is 12.2 Å². The summed E-state index contributed by atoms with van der Waals surface area (Å²) in [4.78, 5) is 0. The molecule has 11 heavy (non-hydrogen) atoms. The SMILES string of the molecule is COC1[CH-]C2C=CC1C2.[CH3-].[Pd+2]. The Hall–Kier alpha value is 0.362. The van der Waals surface area contributed by atoms with Crippen molar-refractivity contribution in [3.05, 3.63) is 26.0 Å². The van der Waals surface area contributed by atoms with Crippen LogP contribution in [0.25, 0.3) is 0 Å². The number of hydrogen-bond donors (Lipinski definition) is 0. The number of ether oxygens (including phenoxy) is 1. The van der Waals surface area contributed by atoms with Gasteiger partial charge in [-0.3, -0.25) is 6.42 Å². The third-order valence-electron chi connectivity index (χ3n) is 2.28. The van der Waals surface area contributed by atoms with Gasteiger partial charge in [-0.1, -0.05) is 18.6 Å². The molecule has 2 rings (SSSR count). The van der Waals surface area contributed by atoms with Crippen molar-refractivity contribution in [1.82, 2.24) is 0 Å². The van der Waals surface area contributed by atoms with Gasteiger partial charge in [-0.25, -0.2) is 0 Å². The molecule has 3 atom stereocenters. The number of methoxy groups -OCH3 is 1. The van der Waals surface area contributed by atoms with Crippen LogP contribution in [-0.4, -0.2) is 13.2 Å². The third kappa shape index (κ3) is 1.93. The average Bonchev–Trinajstić information content (AvgIpc) is 2.45. The smallest absolute Gasteiger partial charge is 0.413 e. The molecule has 0 aliphatic heterocycles. The Morgan fingerprint density at radius 2 is 2.18 bits per heavy atom. The van der Waals surface area contributed by atoms with E-state index in [-0.39, 0.29) is 27.8 Å². The first-order valence-corrected chi connectivity index (χ1v) is 3.46. The minimum Gasteiger partial charge on any atom is -0.413 e. The summed E-state index contributed by atoms with van der Waals surface area (Å²) in [6.07, 6.45) is 8.56. The zero-order valence-corrected chi connectivity index (χ0v) is 8.45. The second-order valence-corrected chi connectivity index (χ2v) is 2.84. The van der Waals surface area contributed by atoms with E-state index in [4.69, 9.17) is 4.74 Å². The minimum atomic E-state index is 0. The molecule has 1 saturated carbocycles. The standard InChI is InChI=1S/C8H11O.CH3.Pd/c1-9-8-5-6-2-3-7(8)4-6;;/h2-3,5-8H,4H2,1H3;1H3;/q2*-1;+2. The summed E-state index contributed by atoms with van der Waals surface area (Å²) in [5.74, 6) is 1.42. The van der Waals surface area contributed by atoms with Gasteiger partial charge in [0.25, 0.3) is 0 Å². The van der Waals surface area contributed by atoms with E-state index in [9.17, 15) is 0 Å². The Labute approximate surface area is 82.9 Å². The summed E-state index contributed by atoms with van der Waals surface area (Å²) in [5.41, 5.74) is 0. The molecule has 0 aromatic rings. The van der Waals surface area contributed by atoms with E-state index in [1.54, 1.807) is 7.11 Å². The molecule has 2 bridgehead atoms. The van der Waals surface area contributed by atoms with Gasteiger partial charge in [0.05, 0.1) is 0 Å². The molecular formula is C9H14OPd. The van der Waals surface area contributed by atoms with Crippen LogP contribution in [0.4, 0.5) is 0 Å². The fourth-order valence-corrected chi connectivity index (χ4v) is 1.78. The molecule has 0 N–H and O–H groups in total. The van der Waals surface area contributed by atoms with Crippen molar-refractivity contribution in [2.75, 3.05) is 7.11 Å². The normalized spacial score (nSPS) is 38.1. The van der Waals surface area contributed by atoms with Crippen molar-refractivity contribution in [3.8, 4) is 0 Å². The van der Waals surface area contributed by atoms with Gasteiger partial charge >= 0.3 is 20.4 Å². The molecule has 0 radical (unpaired) electrons. The van der Waals surface area contributed by atoms with Crippen LogP contribution in [0.15, 0.2) is 12.2 Å². The molecule has 2 aliphatic rings. The van der Waals surface area contributed by atoms with Crippen LogP contribution in [0, 0.1) is 25.7 Å². The van der Waals surface area contributed by atoms with Gasteiger partial charge in [0, 0.05) is 7.11 Å².